The maximum atomic E-state index is 12.7. The molecule has 0 aliphatic carbocycles. The number of anilines is 1. The van der Waals surface area contributed by atoms with Crippen molar-refractivity contribution in [2.24, 2.45) is 5.92 Å². The van der Waals surface area contributed by atoms with Gasteiger partial charge in [0.25, 0.3) is 5.91 Å². The first kappa shape index (κ1) is 21.8. The number of piperidine rings is 1. The van der Waals surface area contributed by atoms with Crippen molar-refractivity contribution in [2.75, 3.05) is 24.5 Å². The van der Waals surface area contributed by atoms with Crippen molar-refractivity contribution in [3.8, 4) is 0 Å². The van der Waals surface area contributed by atoms with Gasteiger partial charge in [-0.25, -0.2) is 4.79 Å². The first-order chi connectivity index (χ1) is 14.5. The highest BCUT2D eigenvalue weighted by Crippen LogP contribution is 2.27. The molecule has 30 heavy (non-hydrogen) atoms. The summed E-state index contributed by atoms with van der Waals surface area (Å²) in [5.74, 6) is -2.30. The molecule has 2 heterocycles. The minimum absolute atomic E-state index is 0.139. The average Bonchev–Trinajstić information content (AvgIpc) is 2.77. The normalized spacial score (nSPS) is 19.6. The number of amides is 2. The van der Waals surface area contributed by atoms with E-state index < -0.39 is 12.0 Å². The van der Waals surface area contributed by atoms with Crippen molar-refractivity contribution < 1.29 is 19.5 Å². The molecule has 3 unspecified atom stereocenters. The number of alkyl halides is 1. The molecule has 0 saturated carbocycles. The number of carboxylic acid groups (broad SMARTS) is 1. The highest BCUT2D eigenvalue weighted by atomic mass is 79.9. The number of aromatic nitrogens is 1. The fourth-order valence-corrected chi connectivity index (χ4v) is 4.19. The van der Waals surface area contributed by atoms with Crippen molar-refractivity contribution in [1.29, 1.82) is 0 Å². The molecule has 2 amide bonds. The molecule has 0 spiro atoms. The van der Waals surface area contributed by atoms with Crippen LogP contribution in [-0.4, -0.2) is 58.4 Å². The Hall–Kier alpha value is -2.94. The summed E-state index contributed by atoms with van der Waals surface area (Å²) < 4.78 is 0. The molecule has 1 saturated heterocycles. The predicted octanol–water partition coefficient (Wildman–Crippen LogP) is 1.67. The van der Waals surface area contributed by atoms with E-state index in [1.807, 2.05) is 12.1 Å². The van der Waals surface area contributed by atoms with Gasteiger partial charge in [-0.05, 0) is 30.7 Å². The van der Waals surface area contributed by atoms with Crippen molar-refractivity contribution in [3.05, 3.63) is 60.4 Å². The van der Waals surface area contributed by atoms with Gasteiger partial charge < -0.3 is 20.6 Å². The fraction of sp³-hybridized carbons (Fsp3) is 0.333. The summed E-state index contributed by atoms with van der Waals surface area (Å²) in [6.45, 7) is 1.07. The maximum Gasteiger partial charge on any atom is 0.328 e. The summed E-state index contributed by atoms with van der Waals surface area (Å²) in [4.78, 5) is 42.6. The molecule has 0 bridgehead atoms. The van der Waals surface area contributed by atoms with Crippen LogP contribution in [0.1, 0.15) is 16.8 Å². The van der Waals surface area contributed by atoms with E-state index in [1.165, 1.54) is 0 Å². The van der Waals surface area contributed by atoms with Gasteiger partial charge in [-0.3, -0.25) is 14.6 Å². The van der Waals surface area contributed by atoms with Gasteiger partial charge in [-0.1, -0.05) is 34.1 Å². The Balaban J connectivity index is 1.55. The molecule has 158 valence electrons. The predicted molar refractivity (Wildman–Crippen MR) is 116 cm³/mol. The zero-order valence-corrected chi connectivity index (χ0v) is 17.8. The summed E-state index contributed by atoms with van der Waals surface area (Å²) in [6, 6.07) is 11.1. The number of nitrogens with one attached hydrogen (secondary N) is 2. The third kappa shape index (κ3) is 5.56. The number of hydrogen-bond acceptors (Lipinski definition) is 5. The Morgan fingerprint density at radius 2 is 1.97 bits per heavy atom. The number of aliphatic carboxylic acids is 1. The Labute approximate surface area is 182 Å². The van der Waals surface area contributed by atoms with E-state index in [9.17, 15) is 19.5 Å². The fourth-order valence-electron chi connectivity index (χ4n) is 3.34. The van der Waals surface area contributed by atoms with Crippen LogP contribution in [0.2, 0.25) is 0 Å². The molecule has 9 heteroatoms. The summed E-state index contributed by atoms with van der Waals surface area (Å²) >= 11 is 3.57. The van der Waals surface area contributed by atoms with Crippen molar-refractivity contribution in [1.82, 2.24) is 15.6 Å². The second kappa shape index (κ2) is 10.2. The smallest absolute Gasteiger partial charge is 0.328 e. The van der Waals surface area contributed by atoms with Crippen LogP contribution in [0.3, 0.4) is 0 Å². The zero-order valence-electron chi connectivity index (χ0n) is 16.2. The molecule has 0 radical (unpaired) electrons. The van der Waals surface area contributed by atoms with Gasteiger partial charge in [-0.15, -0.1) is 0 Å². The molecule has 8 nitrogen and oxygen atoms in total. The minimum Gasteiger partial charge on any atom is -0.480 e. The lowest BCUT2D eigenvalue weighted by Gasteiger charge is -2.36. The number of benzene rings is 1. The molecule has 3 rings (SSSR count). The largest absolute Gasteiger partial charge is 0.480 e. The first-order valence-electron chi connectivity index (χ1n) is 9.61. The second-order valence-electron chi connectivity index (χ2n) is 7.04. The Bertz CT molecular complexity index is 881. The summed E-state index contributed by atoms with van der Waals surface area (Å²) in [6.07, 6.45) is 4.05. The quantitative estimate of drug-likeness (QED) is 0.526. The summed E-state index contributed by atoms with van der Waals surface area (Å²) in [5, 5.41) is 14.6. The lowest BCUT2D eigenvalue weighted by Crippen LogP contribution is -2.53. The van der Waals surface area contributed by atoms with Crippen LogP contribution in [-0.2, 0) is 9.59 Å². The van der Waals surface area contributed by atoms with E-state index in [-0.39, 0.29) is 29.1 Å². The number of carbonyl (C=O) groups is 3. The van der Waals surface area contributed by atoms with E-state index in [0.717, 1.165) is 5.69 Å². The molecule has 3 N–H and O–H groups in total. The molecule has 2 aromatic rings. The van der Waals surface area contributed by atoms with Crippen LogP contribution in [0, 0.1) is 5.92 Å². The Morgan fingerprint density at radius 1 is 1.20 bits per heavy atom. The van der Waals surface area contributed by atoms with Crippen LogP contribution in [0.4, 0.5) is 5.69 Å². The van der Waals surface area contributed by atoms with E-state index in [4.69, 9.17) is 0 Å². The van der Waals surface area contributed by atoms with Crippen molar-refractivity contribution in [3.63, 3.8) is 0 Å². The molecule has 1 aromatic heterocycles. The maximum absolute atomic E-state index is 12.7. The van der Waals surface area contributed by atoms with Gasteiger partial charge in [-0.2, -0.15) is 0 Å². The number of pyridine rings is 1. The van der Waals surface area contributed by atoms with E-state index >= 15 is 0 Å². The molecule has 1 aromatic carbocycles. The molecule has 1 fully saturated rings. The van der Waals surface area contributed by atoms with Crippen LogP contribution >= 0.6 is 15.9 Å². The van der Waals surface area contributed by atoms with Gasteiger partial charge in [0.05, 0.1) is 17.8 Å². The van der Waals surface area contributed by atoms with E-state index in [2.05, 4.69) is 36.4 Å². The van der Waals surface area contributed by atoms with Crippen molar-refractivity contribution in [2.45, 2.75) is 17.3 Å². The molecular formula is C21H23BrN4O4. The molecular weight excluding hydrogens is 452 g/mol. The van der Waals surface area contributed by atoms with E-state index in [0.29, 0.717) is 25.1 Å². The van der Waals surface area contributed by atoms with Gasteiger partial charge in [0.1, 0.15) is 6.04 Å². The lowest BCUT2D eigenvalue weighted by atomic mass is 9.95. The van der Waals surface area contributed by atoms with E-state index in [1.54, 1.807) is 42.7 Å². The zero-order chi connectivity index (χ0) is 21.5. The van der Waals surface area contributed by atoms with Gasteiger partial charge in [0, 0.05) is 36.2 Å². The van der Waals surface area contributed by atoms with Crippen LogP contribution in [0.15, 0.2) is 54.9 Å². The monoisotopic (exact) mass is 474 g/mol. The minimum atomic E-state index is -1.21. The molecule has 1 aliphatic heterocycles. The highest BCUT2D eigenvalue weighted by Gasteiger charge is 2.34. The number of halogens is 1. The third-order valence-corrected chi connectivity index (χ3v) is 5.93. The third-order valence-electron chi connectivity index (χ3n) is 5.01. The van der Waals surface area contributed by atoms with Gasteiger partial charge in [0.15, 0.2) is 0 Å². The Morgan fingerprint density at radius 3 is 2.60 bits per heavy atom. The molecule has 1 aliphatic rings. The topological polar surface area (TPSA) is 112 Å². The van der Waals surface area contributed by atoms with Crippen LogP contribution in [0.5, 0.6) is 0 Å². The SMILES string of the molecule is O=C(NCC(NC(=O)C1CCN(c2cccnc2)CC1Br)C(=O)O)c1ccccc1. The Kier molecular flexibility index (Phi) is 7.40. The second-order valence-corrected chi connectivity index (χ2v) is 8.22. The highest BCUT2D eigenvalue weighted by molar-refractivity contribution is 9.09. The lowest BCUT2D eigenvalue weighted by molar-refractivity contribution is -0.142. The standard InChI is InChI=1S/C21H23BrN4O4/c22-17-13-26(15-7-4-9-23-11-15)10-8-16(17)20(28)25-18(21(29)30)12-24-19(27)14-5-2-1-3-6-14/h1-7,9,11,16-18H,8,10,12-13H2,(H,24,27)(H,25,28)(H,29,30). The number of carbonyl (C=O) groups excluding carboxylic acids is 2. The van der Waals surface area contributed by atoms with Crippen LogP contribution < -0.4 is 15.5 Å². The first-order valence-corrected chi connectivity index (χ1v) is 10.5. The number of carboxylic acids is 1. The average molecular weight is 475 g/mol. The number of rotatable bonds is 7. The molecule has 3 atom stereocenters. The van der Waals surface area contributed by atoms with Crippen LogP contribution in [0.25, 0.3) is 0 Å². The van der Waals surface area contributed by atoms with Gasteiger partial charge >= 0.3 is 5.97 Å². The summed E-state index contributed by atoms with van der Waals surface area (Å²) in [5.41, 5.74) is 1.41. The number of nitrogens with zero attached hydrogens (tertiary/aromatic N) is 2. The number of hydrogen-bond donors (Lipinski definition) is 3. The van der Waals surface area contributed by atoms with Gasteiger partial charge in [0.2, 0.25) is 5.91 Å². The summed E-state index contributed by atoms with van der Waals surface area (Å²) in [7, 11) is 0. The van der Waals surface area contributed by atoms with Crippen molar-refractivity contribution >= 4 is 39.4 Å².